The van der Waals surface area contributed by atoms with Crippen LogP contribution in [0.25, 0.3) is 22.4 Å². The number of aromatic carboxylic acids is 1. The van der Waals surface area contributed by atoms with E-state index in [-0.39, 0.29) is 17.5 Å². The van der Waals surface area contributed by atoms with E-state index in [4.69, 9.17) is 4.74 Å². The Bertz CT molecular complexity index is 1420. The molecule has 5 nitrogen and oxygen atoms in total. The Labute approximate surface area is 206 Å². The van der Waals surface area contributed by atoms with Crippen LogP contribution in [-0.2, 0) is 19.0 Å². The number of fused-ring (bicyclic) bond motifs is 5. The van der Waals surface area contributed by atoms with Gasteiger partial charge in [-0.3, -0.25) is 4.79 Å². The lowest BCUT2D eigenvalue weighted by Crippen LogP contribution is -2.29. The van der Waals surface area contributed by atoms with E-state index in [2.05, 4.69) is 13.8 Å². The van der Waals surface area contributed by atoms with Crippen molar-refractivity contribution in [1.29, 1.82) is 0 Å². The van der Waals surface area contributed by atoms with Gasteiger partial charge in [0.1, 0.15) is 11.3 Å². The van der Waals surface area contributed by atoms with Crippen LogP contribution < -0.4 is 10.2 Å². The Kier molecular flexibility index (Phi) is 5.93. The van der Waals surface area contributed by atoms with Gasteiger partial charge in [-0.2, -0.15) is 13.2 Å². The van der Waals surface area contributed by atoms with Crippen molar-refractivity contribution in [3.8, 4) is 28.1 Å². The first-order valence-corrected chi connectivity index (χ1v) is 12.1. The Hall–Kier alpha value is -3.55. The largest absolute Gasteiger partial charge is 0.492 e. The molecule has 0 saturated heterocycles. The summed E-state index contributed by atoms with van der Waals surface area (Å²) in [6.07, 6.45) is 0.0742. The van der Waals surface area contributed by atoms with Crippen LogP contribution in [0.15, 0.2) is 47.4 Å². The van der Waals surface area contributed by atoms with Crippen LogP contribution in [0.1, 0.15) is 59.8 Å². The van der Waals surface area contributed by atoms with Crippen molar-refractivity contribution in [3.63, 3.8) is 0 Å². The van der Waals surface area contributed by atoms with Crippen molar-refractivity contribution in [3.05, 3.63) is 75.1 Å². The molecule has 188 valence electrons. The van der Waals surface area contributed by atoms with Crippen LogP contribution in [0.5, 0.6) is 5.75 Å². The molecule has 0 bridgehead atoms. The summed E-state index contributed by atoms with van der Waals surface area (Å²) in [6.45, 7) is 4.64. The molecular weight excluding hydrogens is 471 g/mol. The zero-order chi connectivity index (χ0) is 25.8. The van der Waals surface area contributed by atoms with Crippen LogP contribution >= 0.6 is 0 Å². The molecule has 5 rings (SSSR count). The average molecular weight is 498 g/mol. The predicted molar refractivity (Wildman–Crippen MR) is 130 cm³/mol. The van der Waals surface area contributed by atoms with Crippen molar-refractivity contribution < 1.29 is 27.8 Å². The maximum atomic E-state index is 13.4. The van der Waals surface area contributed by atoms with Crippen LogP contribution in [0, 0.1) is 5.92 Å². The van der Waals surface area contributed by atoms with Gasteiger partial charge < -0.3 is 14.4 Å². The van der Waals surface area contributed by atoms with Gasteiger partial charge in [0, 0.05) is 41.4 Å². The molecule has 1 unspecified atom stereocenters. The summed E-state index contributed by atoms with van der Waals surface area (Å²) in [5.41, 5.74) is 2.57. The third-order valence-electron chi connectivity index (χ3n) is 7.35. The van der Waals surface area contributed by atoms with Crippen molar-refractivity contribution in [2.75, 3.05) is 6.61 Å². The zero-order valence-electron chi connectivity index (χ0n) is 20.0. The number of carboxylic acid groups (broad SMARTS) is 1. The first kappa shape index (κ1) is 24.2. The van der Waals surface area contributed by atoms with E-state index in [0.29, 0.717) is 42.0 Å². The van der Waals surface area contributed by atoms with E-state index in [1.54, 1.807) is 12.1 Å². The highest BCUT2D eigenvalue weighted by atomic mass is 19.4. The van der Waals surface area contributed by atoms with Gasteiger partial charge in [-0.15, -0.1) is 0 Å². The monoisotopic (exact) mass is 497 g/mol. The van der Waals surface area contributed by atoms with Gasteiger partial charge in [-0.05, 0) is 48.1 Å². The molecular formula is C28H26F3NO4. The van der Waals surface area contributed by atoms with Crippen molar-refractivity contribution in [2.24, 2.45) is 5.92 Å². The van der Waals surface area contributed by atoms with Crippen molar-refractivity contribution in [1.82, 2.24) is 4.57 Å². The Balaban J connectivity index is 1.77. The molecule has 2 aliphatic heterocycles. The molecule has 3 aromatic rings. The Morgan fingerprint density at radius 1 is 1.19 bits per heavy atom. The molecule has 0 aliphatic carbocycles. The second kappa shape index (κ2) is 8.84. The third-order valence-corrected chi connectivity index (χ3v) is 7.35. The standard InChI is InChI=1S/C28H26F3NO4/c1-3-5-15(2)23-12-20-18-8-9-36-26(18)19(16-6-4-7-17(10-16)28(29,30)31)11-21(20)24-13-25(33)22(27(34)35)14-32(23)24/h4,6-7,10-11,13-15,23H,3,5,8-9,12H2,1-2H3,(H,34,35)/t15?,23-/m0/s1. The first-order valence-electron chi connectivity index (χ1n) is 12.1. The summed E-state index contributed by atoms with van der Waals surface area (Å²) in [7, 11) is 0. The Morgan fingerprint density at radius 2 is 1.97 bits per heavy atom. The predicted octanol–water partition coefficient (Wildman–Crippen LogP) is 6.37. The molecule has 0 fully saturated rings. The highest BCUT2D eigenvalue weighted by molar-refractivity contribution is 5.88. The van der Waals surface area contributed by atoms with E-state index >= 15 is 0 Å². The summed E-state index contributed by atoms with van der Waals surface area (Å²) in [5, 5.41) is 9.58. The SMILES string of the molecule is CCCC(C)[C@@H]1Cc2c(cc(-c3cccc(C(F)(F)F)c3)c3c2CCO3)-c2cc(=O)c(C(=O)O)cn21. The van der Waals surface area contributed by atoms with Crippen LogP contribution in [-0.4, -0.2) is 22.2 Å². The molecule has 1 aromatic heterocycles. The van der Waals surface area contributed by atoms with Gasteiger partial charge >= 0.3 is 12.1 Å². The van der Waals surface area contributed by atoms with Gasteiger partial charge in [0.15, 0.2) is 5.43 Å². The van der Waals surface area contributed by atoms with E-state index < -0.39 is 23.1 Å². The number of carboxylic acids is 1. The van der Waals surface area contributed by atoms with Gasteiger partial charge in [0.05, 0.1) is 17.9 Å². The van der Waals surface area contributed by atoms with E-state index in [1.165, 1.54) is 18.3 Å². The van der Waals surface area contributed by atoms with E-state index in [9.17, 15) is 27.9 Å². The fourth-order valence-corrected chi connectivity index (χ4v) is 5.61. The lowest BCUT2D eigenvalue weighted by atomic mass is 9.81. The number of benzene rings is 2. The van der Waals surface area contributed by atoms with Gasteiger partial charge in [-0.1, -0.05) is 32.4 Å². The molecule has 36 heavy (non-hydrogen) atoms. The molecule has 0 radical (unpaired) electrons. The molecule has 1 N–H and O–H groups in total. The molecule has 3 heterocycles. The summed E-state index contributed by atoms with van der Waals surface area (Å²) in [6, 6.07) is 8.22. The number of alkyl halides is 3. The van der Waals surface area contributed by atoms with Crippen LogP contribution in [0.4, 0.5) is 13.2 Å². The van der Waals surface area contributed by atoms with E-state index in [1.807, 2.05) is 4.57 Å². The quantitative estimate of drug-likeness (QED) is 0.445. The number of halogens is 3. The van der Waals surface area contributed by atoms with Gasteiger partial charge in [-0.25, -0.2) is 4.79 Å². The summed E-state index contributed by atoms with van der Waals surface area (Å²) < 4.78 is 48.2. The zero-order valence-corrected chi connectivity index (χ0v) is 20.0. The van der Waals surface area contributed by atoms with Gasteiger partial charge in [0.2, 0.25) is 0 Å². The first-order chi connectivity index (χ1) is 17.1. The summed E-state index contributed by atoms with van der Waals surface area (Å²) in [4.78, 5) is 24.5. The molecule has 0 amide bonds. The average Bonchev–Trinajstić information content (AvgIpc) is 3.32. The molecule has 0 spiro atoms. The lowest BCUT2D eigenvalue weighted by molar-refractivity contribution is -0.137. The maximum absolute atomic E-state index is 13.4. The maximum Gasteiger partial charge on any atom is 0.416 e. The van der Waals surface area contributed by atoms with Crippen LogP contribution in [0.3, 0.4) is 0 Å². The number of nitrogens with zero attached hydrogens (tertiary/aromatic N) is 1. The van der Waals surface area contributed by atoms with Crippen molar-refractivity contribution >= 4 is 5.97 Å². The fraction of sp³-hybridized carbons (Fsp3) is 0.357. The normalized spacial score (nSPS) is 17.1. The number of aromatic nitrogens is 1. The molecule has 8 heteroatoms. The highest BCUT2D eigenvalue weighted by Gasteiger charge is 2.35. The minimum atomic E-state index is -4.48. The minimum absolute atomic E-state index is 0.0599. The number of hydrogen-bond donors (Lipinski definition) is 1. The van der Waals surface area contributed by atoms with Crippen molar-refractivity contribution in [2.45, 2.75) is 51.7 Å². The molecule has 2 aliphatic rings. The number of hydrogen-bond acceptors (Lipinski definition) is 3. The third kappa shape index (κ3) is 3.98. The van der Waals surface area contributed by atoms with Gasteiger partial charge in [0.25, 0.3) is 0 Å². The van der Waals surface area contributed by atoms with E-state index in [0.717, 1.165) is 41.7 Å². The Morgan fingerprint density at radius 3 is 2.67 bits per heavy atom. The lowest BCUT2D eigenvalue weighted by Gasteiger charge is -2.36. The molecule has 2 aromatic carbocycles. The smallest absolute Gasteiger partial charge is 0.416 e. The second-order valence-corrected chi connectivity index (χ2v) is 9.62. The summed E-state index contributed by atoms with van der Waals surface area (Å²) >= 11 is 0. The highest BCUT2D eigenvalue weighted by Crippen LogP contribution is 2.48. The second-order valence-electron chi connectivity index (χ2n) is 9.62. The molecule has 0 saturated carbocycles. The fourth-order valence-electron chi connectivity index (χ4n) is 5.61. The number of carbonyl (C=O) groups is 1. The minimum Gasteiger partial charge on any atom is -0.492 e. The topological polar surface area (TPSA) is 68.5 Å². The number of pyridine rings is 1. The number of rotatable bonds is 5. The summed E-state index contributed by atoms with van der Waals surface area (Å²) in [5.74, 6) is -0.477. The van der Waals surface area contributed by atoms with Crippen LogP contribution in [0.2, 0.25) is 0 Å². The molecule has 2 atom stereocenters. The number of ether oxygens (including phenoxy) is 1.